The molecule has 1 N–H and O–H groups in total. The fourth-order valence-corrected chi connectivity index (χ4v) is 3.21. The number of carbonyl (C=O) groups is 1. The molecule has 5 nitrogen and oxygen atoms in total. The largest absolute Gasteiger partial charge is 0.348 e. The summed E-state index contributed by atoms with van der Waals surface area (Å²) >= 11 is 0. The number of rotatable bonds is 4. The van der Waals surface area contributed by atoms with Crippen LogP contribution >= 0.6 is 0 Å². The summed E-state index contributed by atoms with van der Waals surface area (Å²) in [5.74, 6) is -0.191. The Labute approximate surface area is 142 Å². The highest BCUT2D eigenvalue weighted by molar-refractivity contribution is 5.95. The minimum atomic E-state index is -0.578. The van der Waals surface area contributed by atoms with Crippen LogP contribution in [0.5, 0.6) is 0 Å². The molecule has 24 heavy (non-hydrogen) atoms. The van der Waals surface area contributed by atoms with Gasteiger partial charge in [-0.25, -0.2) is 4.79 Å². The first-order valence-electron chi connectivity index (χ1n) is 8.20. The number of nitrogens with one attached hydrogen (secondary N) is 1. The van der Waals surface area contributed by atoms with Gasteiger partial charge in [0.25, 0.3) is 0 Å². The lowest BCUT2D eigenvalue weighted by molar-refractivity contribution is -0.119. The van der Waals surface area contributed by atoms with E-state index in [9.17, 15) is 9.59 Å². The summed E-state index contributed by atoms with van der Waals surface area (Å²) < 4.78 is 1.47. The van der Waals surface area contributed by atoms with E-state index in [0.717, 1.165) is 28.1 Å². The van der Waals surface area contributed by atoms with E-state index in [1.165, 1.54) is 4.57 Å². The Morgan fingerprint density at radius 3 is 2.21 bits per heavy atom. The molecule has 0 spiro atoms. The van der Waals surface area contributed by atoms with Crippen LogP contribution in [0.25, 0.3) is 0 Å². The van der Waals surface area contributed by atoms with Crippen LogP contribution in [-0.4, -0.2) is 15.5 Å². The van der Waals surface area contributed by atoms with Crippen molar-refractivity contribution in [3.8, 4) is 0 Å². The lowest BCUT2D eigenvalue weighted by atomic mass is 10.0. The molecule has 0 saturated heterocycles. The minimum absolute atomic E-state index is 0.191. The van der Waals surface area contributed by atoms with Crippen molar-refractivity contribution in [1.82, 2.24) is 9.55 Å². The van der Waals surface area contributed by atoms with Gasteiger partial charge in [0.05, 0.1) is 0 Å². The molecule has 2 aromatic rings. The molecule has 1 aromatic carbocycles. The molecule has 1 heterocycles. The average Bonchev–Trinajstić information content (AvgIpc) is 2.46. The number of aromatic nitrogens is 2. The topological polar surface area (TPSA) is 64.0 Å². The number of hydrogen-bond acceptors (Lipinski definition) is 3. The zero-order valence-electron chi connectivity index (χ0n) is 15.2. The molecule has 1 aromatic heterocycles. The Morgan fingerprint density at radius 1 is 1.12 bits per heavy atom. The molecule has 0 aliphatic rings. The van der Waals surface area contributed by atoms with Crippen LogP contribution in [0.4, 0.5) is 5.69 Å². The smallest absolute Gasteiger partial charge is 0.324 e. The van der Waals surface area contributed by atoms with Crippen molar-refractivity contribution >= 4 is 11.6 Å². The Kier molecular flexibility index (Phi) is 5.22. The predicted octanol–water partition coefficient (Wildman–Crippen LogP) is 3.38. The zero-order valence-corrected chi connectivity index (χ0v) is 15.2. The van der Waals surface area contributed by atoms with Crippen LogP contribution in [0.1, 0.15) is 47.5 Å². The van der Waals surface area contributed by atoms with E-state index in [1.54, 1.807) is 6.92 Å². The number of amides is 1. The highest BCUT2D eigenvalue weighted by Crippen LogP contribution is 2.24. The van der Waals surface area contributed by atoms with Crippen LogP contribution in [0.3, 0.4) is 0 Å². The fraction of sp³-hybridized carbons (Fsp3) is 0.421. The van der Waals surface area contributed by atoms with E-state index in [-0.39, 0.29) is 11.6 Å². The van der Waals surface area contributed by atoms with E-state index in [1.807, 2.05) is 52.8 Å². The molecular formula is C19H25N3O2. The zero-order chi connectivity index (χ0) is 18.0. The molecule has 0 saturated carbocycles. The van der Waals surface area contributed by atoms with Crippen molar-refractivity contribution in [3.63, 3.8) is 0 Å². The summed E-state index contributed by atoms with van der Waals surface area (Å²) in [7, 11) is 0. The van der Waals surface area contributed by atoms with Crippen molar-refractivity contribution in [2.24, 2.45) is 0 Å². The van der Waals surface area contributed by atoms with Crippen LogP contribution in [0.15, 0.2) is 23.0 Å². The van der Waals surface area contributed by atoms with Gasteiger partial charge in [0, 0.05) is 17.1 Å². The second-order valence-electron chi connectivity index (χ2n) is 6.38. The SMILES string of the molecule is CC[C@H](C(=O)Nc1c(C)cc(C)cc1C)n1c(C)cc(C)nc1=O. The standard InChI is InChI=1S/C19H25N3O2/c1-7-16(22-15(6)10-14(5)20-19(22)24)18(23)21-17-12(3)8-11(2)9-13(17)4/h8-10,16H,7H2,1-6H3,(H,21,23)/t16-/m1/s1. The van der Waals surface area contributed by atoms with Gasteiger partial charge in [-0.1, -0.05) is 24.6 Å². The molecule has 128 valence electrons. The third-order valence-corrected chi connectivity index (χ3v) is 4.20. The van der Waals surface area contributed by atoms with Crippen molar-refractivity contribution in [1.29, 1.82) is 0 Å². The third kappa shape index (κ3) is 3.55. The van der Waals surface area contributed by atoms with Crippen LogP contribution in [-0.2, 0) is 4.79 Å². The summed E-state index contributed by atoms with van der Waals surface area (Å²) in [6, 6.07) is 5.31. The molecule has 0 bridgehead atoms. The monoisotopic (exact) mass is 327 g/mol. The summed E-state index contributed by atoms with van der Waals surface area (Å²) in [6.45, 7) is 11.5. The highest BCUT2D eigenvalue weighted by atomic mass is 16.2. The second-order valence-corrected chi connectivity index (χ2v) is 6.38. The number of nitrogens with zero attached hydrogens (tertiary/aromatic N) is 2. The van der Waals surface area contributed by atoms with E-state index >= 15 is 0 Å². The van der Waals surface area contributed by atoms with Crippen LogP contribution in [0.2, 0.25) is 0 Å². The predicted molar refractivity (Wildman–Crippen MR) is 96.6 cm³/mol. The number of aryl methyl sites for hydroxylation is 5. The number of hydrogen-bond donors (Lipinski definition) is 1. The van der Waals surface area contributed by atoms with Crippen molar-refractivity contribution < 1.29 is 4.79 Å². The number of benzene rings is 1. The normalized spacial score (nSPS) is 12.1. The summed E-state index contributed by atoms with van der Waals surface area (Å²) in [4.78, 5) is 29.1. The third-order valence-electron chi connectivity index (χ3n) is 4.20. The van der Waals surface area contributed by atoms with Gasteiger partial charge in [0.15, 0.2) is 0 Å². The molecule has 0 aliphatic heterocycles. The van der Waals surface area contributed by atoms with Crippen LogP contribution < -0.4 is 11.0 Å². The second kappa shape index (κ2) is 6.99. The van der Waals surface area contributed by atoms with Gasteiger partial charge in [0.1, 0.15) is 6.04 Å². The Balaban J connectivity index is 2.40. The molecular weight excluding hydrogens is 302 g/mol. The molecule has 1 atom stereocenters. The quantitative estimate of drug-likeness (QED) is 0.936. The summed E-state index contributed by atoms with van der Waals surface area (Å²) in [5, 5.41) is 3.00. The average molecular weight is 327 g/mol. The van der Waals surface area contributed by atoms with Crippen molar-refractivity contribution in [2.45, 2.75) is 54.0 Å². The van der Waals surface area contributed by atoms with Gasteiger partial charge in [0.2, 0.25) is 5.91 Å². The molecule has 0 unspecified atom stereocenters. The van der Waals surface area contributed by atoms with Gasteiger partial charge in [-0.05, 0) is 58.2 Å². The lowest BCUT2D eigenvalue weighted by Gasteiger charge is -2.21. The van der Waals surface area contributed by atoms with E-state index < -0.39 is 6.04 Å². The molecule has 1 amide bonds. The highest BCUT2D eigenvalue weighted by Gasteiger charge is 2.23. The van der Waals surface area contributed by atoms with E-state index in [4.69, 9.17) is 0 Å². The Hall–Kier alpha value is -2.43. The molecule has 2 rings (SSSR count). The van der Waals surface area contributed by atoms with Gasteiger partial charge in [-0.3, -0.25) is 9.36 Å². The van der Waals surface area contributed by atoms with E-state index in [2.05, 4.69) is 10.3 Å². The number of anilines is 1. The molecule has 0 radical (unpaired) electrons. The Bertz CT molecular complexity index is 814. The van der Waals surface area contributed by atoms with Gasteiger partial charge in [-0.2, -0.15) is 4.98 Å². The Morgan fingerprint density at radius 2 is 1.71 bits per heavy atom. The first kappa shape index (κ1) is 17.9. The maximum absolute atomic E-state index is 12.8. The van der Waals surface area contributed by atoms with Gasteiger partial charge in [-0.15, -0.1) is 0 Å². The lowest BCUT2D eigenvalue weighted by Crippen LogP contribution is -2.36. The maximum atomic E-state index is 12.8. The molecule has 0 fully saturated rings. The molecule has 5 heteroatoms. The summed E-state index contributed by atoms with van der Waals surface area (Å²) in [5.41, 5.74) is 5.02. The minimum Gasteiger partial charge on any atom is -0.324 e. The molecule has 0 aliphatic carbocycles. The first-order valence-corrected chi connectivity index (χ1v) is 8.20. The fourth-order valence-electron chi connectivity index (χ4n) is 3.21. The van der Waals surface area contributed by atoms with Crippen molar-refractivity contribution in [2.75, 3.05) is 5.32 Å². The summed E-state index contributed by atoms with van der Waals surface area (Å²) in [6.07, 6.45) is 0.515. The van der Waals surface area contributed by atoms with Gasteiger partial charge >= 0.3 is 5.69 Å². The van der Waals surface area contributed by atoms with Crippen molar-refractivity contribution in [3.05, 3.63) is 56.8 Å². The number of carbonyl (C=O) groups excluding carboxylic acids is 1. The first-order chi connectivity index (χ1) is 11.2. The van der Waals surface area contributed by atoms with E-state index in [0.29, 0.717) is 12.1 Å². The van der Waals surface area contributed by atoms with Crippen LogP contribution in [0, 0.1) is 34.6 Å². The van der Waals surface area contributed by atoms with Gasteiger partial charge < -0.3 is 5.32 Å². The maximum Gasteiger partial charge on any atom is 0.348 e.